The molecule has 0 bridgehead atoms. The first-order valence-corrected chi connectivity index (χ1v) is 13.4. The minimum absolute atomic E-state index is 0.282. The van der Waals surface area contributed by atoms with Gasteiger partial charge in [-0.2, -0.15) is 5.10 Å². The minimum atomic E-state index is -0.965. The number of rotatable bonds is 11. The van der Waals surface area contributed by atoms with Gasteiger partial charge in [0.15, 0.2) is 18.1 Å². The van der Waals surface area contributed by atoms with Gasteiger partial charge in [0.2, 0.25) is 0 Å². The van der Waals surface area contributed by atoms with Gasteiger partial charge >= 0.3 is 11.8 Å². The molecule has 12 heteroatoms. The number of anilines is 2. The van der Waals surface area contributed by atoms with E-state index in [1.54, 1.807) is 68.4 Å². The molecule has 40 heavy (non-hydrogen) atoms. The van der Waals surface area contributed by atoms with E-state index in [1.807, 2.05) is 6.92 Å². The third-order valence-electron chi connectivity index (χ3n) is 5.24. The SMILES string of the molecule is CCOc1ccccc1NC(=O)C(=O)N/N=C\c1cc(Br)c(OCC(=O)Nc2cccc(Cl)c2C)c(OCC)c1. The molecule has 0 heterocycles. The van der Waals surface area contributed by atoms with Crippen LogP contribution in [0.4, 0.5) is 11.4 Å². The number of carbonyl (C=O) groups excluding carboxylic acids is 3. The Bertz CT molecular complexity index is 1420. The quantitative estimate of drug-likeness (QED) is 0.149. The smallest absolute Gasteiger partial charge is 0.329 e. The second-order valence-corrected chi connectivity index (χ2v) is 9.36. The second kappa shape index (κ2) is 14.9. The third-order valence-corrected chi connectivity index (χ3v) is 6.24. The fraction of sp³-hybridized carbons (Fsp3) is 0.214. The van der Waals surface area contributed by atoms with Crippen molar-refractivity contribution in [2.45, 2.75) is 20.8 Å². The fourth-order valence-electron chi connectivity index (χ4n) is 3.38. The molecule has 10 nitrogen and oxygen atoms in total. The van der Waals surface area contributed by atoms with Gasteiger partial charge in [-0.1, -0.05) is 29.8 Å². The van der Waals surface area contributed by atoms with Crippen molar-refractivity contribution >= 4 is 62.8 Å². The standard InChI is InChI=1S/C28H28BrClN4O6/c1-4-38-23-12-7-6-10-22(23)33-27(36)28(37)34-31-15-18-13-19(29)26(24(14-18)39-5-2)40-16-25(35)32-21-11-8-9-20(30)17(21)3/h6-15H,4-5,16H2,1-3H3,(H,32,35)(H,33,36)(H,34,37)/b31-15-. The lowest BCUT2D eigenvalue weighted by Gasteiger charge is -2.15. The molecule has 3 rings (SSSR count). The van der Waals surface area contributed by atoms with Crippen molar-refractivity contribution in [3.63, 3.8) is 0 Å². The summed E-state index contributed by atoms with van der Waals surface area (Å²) in [5.41, 5.74) is 4.42. The fourth-order valence-corrected chi connectivity index (χ4v) is 4.13. The summed E-state index contributed by atoms with van der Waals surface area (Å²) in [6, 6.07) is 15.3. The van der Waals surface area contributed by atoms with Crippen LogP contribution in [0.5, 0.6) is 17.2 Å². The Kier molecular flexibility index (Phi) is 11.3. The molecule has 0 spiro atoms. The van der Waals surface area contributed by atoms with Crippen molar-refractivity contribution in [2.24, 2.45) is 5.10 Å². The summed E-state index contributed by atoms with van der Waals surface area (Å²) in [4.78, 5) is 37.0. The summed E-state index contributed by atoms with van der Waals surface area (Å²) in [5.74, 6) is -1.14. The molecule has 3 aromatic rings. The summed E-state index contributed by atoms with van der Waals surface area (Å²) >= 11 is 9.54. The van der Waals surface area contributed by atoms with Crippen LogP contribution in [0, 0.1) is 6.92 Å². The van der Waals surface area contributed by atoms with Crippen LogP contribution < -0.4 is 30.3 Å². The number of benzene rings is 3. The summed E-state index contributed by atoms with van der Waals surface area (Å²) < 4.78 is 17.4. The van der Waals surface area contributed by atoms with Crippen LogP contribution in [-0.2, 0) is 14.4 Å². The third kappa shape index (κ3) is 8.45. The zero-order valence-corrected chi connectivity index (χ0v) is 24.4. The molecule has 0 aromatic heterocycles. The van der Waals surface area contributed by atoms with E-state index in [-0.39, 0.29) is 12.5 Å². The zero-order valence-electron chi connectivity index (χ0n) is 22.0. The van der Waals surface area contributed by atoms with Gasteiger partial charge in [-0.05, 0) is 84.2 Å². The number of nitrogens with zero attached hydrogens (tertiary/aromatic N) is 1. The first-order chi connectivity index (χ1) is 19.2. The zero-order chi connectivity index (χ0) is 29.1. The van der Waals surface area contributed by atoms with E-state index in [1.165, 1.54) is 6.21 Å². The normalized spacial score (nSPS) is 10.6. The minimum Gasteiger partial charge on any atom is -0.492 e. The number of amides is 3. The van der Waals surface area contributed by atoms with E-state index in [0.717, 1.165) is 5.56 Å². The van der Waals surface area contributed by atoms with Gasteiger partial charge in [-0.15, -0.1) is 0 Å². The van der Waals surface area contributed by atoms with E-state index >= 15 is 0 Å². The van der Waals surface area contributed by atoms with Crippen LogP contribution in [0.3, 0.4) is 0 Å². The highest BCUT2D eigenvalue weighted by Gasteiger charge is 2.17. The highest BCUT2D eigenvalue weighted by atomic mass is 79.9. The Morgan fingerprint density at radius 1 is 0.900 bits per heavy atom. The molecule has 0 saturated carbocycles. The van der Waals surface area contributed by atoms with Gasteiger partial charge in [0.05, 0.1) is 29.6 Å². The van der Waals surface area contributed by atoms with E-state index in [0.29, 0.717) is 56.9 Å². The molecule has 210 valence electrons. The summed E-state index contributed by atoms with van der Waals surface area (Å²) in [6.07, 6.45) is 1.34. The molecule has 0 radical (unpaired) electrons. The van der Waals surface area contributed by atoms with Gasteiger partial charge < -0.3 is 24.8 Å². The number of hydrogen-bond acceptors (Lipinski definition) is 7. The summed E-state index contributed by atoms with van der Waals surface area (Å²) in [7, 11) is 0. The number of hydrazone groups is 1. The molecule has 3 amide bonds. The summed E-state index contributed by atoms with van der Waals surface area (Å²) in [6.45, 7) is 5.87. The topological polar surface area (TPSA) is 127 Å². The van der Waals surface area contributed by atoms with Gasteiger partial charge in [0.1, 0.15) is 5.75 Å². The summed E-state index contributed by atoms with van der Waals surface area (Å²) in [5, 5.41) is 9.67. The van der Waals surface area contributed by atoms with Crippen molar-refractivity contribution in [3.05, 3.63) is 75.2 Å². The first kappa shape index (κ1) is 30.5. The molecule has 0 saturated heterocycles. The predicted octanol–water partition coefficient (Wildman–Crippen LogP) is 5.31. The van der Waals surface area contributed by atoms with Crippen LogP contribution in [0.25, 0.3) is 0 Å². The van der Waals surface area contributed by atoms with Crippen molar-refractivity contribution < 1.29 is 28.6 Å². The van der Waals surface area contributed by atoms with Gasteiger partial charge in [-0.3, -0.25) is 14.4 Å². The maximum Gasteiger partial charge on any atom is 0.329 e. The Morgan fingerprint density at radius 3 is 2.35 bits per heavy atom. The number of nitrogens with one attached hydrogen (secondary N) is 3. The van der Waals surface area contributed by atoms with Crippen molar-refractivity contribution in [1.82, 2.24) is 5.43 Å². The highest BCUT2D eigenvalue weighted by molar-refractivity contribution is 9.10. The maximum atomic E-state index is 12.5. The van der Waals surface area contributed by atoms with Crippen molar-refractivity contribution in [1.29, 1.82) is 0 Å². The Balaban J connectivity index is 1.63. The maximum absolute atomic E-state index is 12.5. The average Bonchev–Trinajstić information content (AvgIpc) is 2.92. The number of para-hydroxylation sites is 2. The lowest BCUT2D eigenvalue weighted by atomic mass is 10.2. The molecule has 0 fully saturated rings. The molecule has 3 aromatic carbocycles. The molecular weight excluding hydrogens is 604 g/mol. The molecule has 0 aliphatic carbocycles. The first-order valence-electron chi connectivity index (χ1n) is 12.2. The largest absolute Gasteiger partial charge is 0.492 e. The predicted molar refractivity (Wildman–Crippen MR) is 158 cm³/mol. The van der Waals surface area contributed by atoms with Crippen molar-refractivity contribution in [2.75, 3.05) is 30.5 Å². The Labute approximate surface area is 245 Å². The Hall–Kier alpha value is -4.09. The second-order valence-electron chi connectivity index (χ2n) is 8.09. The van der Waals surface area contributed by atoms with E-state index in [2.05, 4.69) is 37.1 Å². The molecule has 0 aliphatic heterocycles. The monoisotopic (exact) mass is 630 g/mol. The molecule has 0 atom stereocenters. The van der Waals surface area contributed by atoms with Crippen LogP contribution >= 0.6 is 27.5 Å². The number of ether oxygens (including phenoxy) is 3. The van der Waals surface area contributed by atoms with Crippen LogP contribution in [0.1, 0.15) is 25.0 Å². The molecule has 0 aliphatic rings. The molecule has 0 unspecified atom stereocenters. The van der Waals surface area contributed by atoms with Crippen LogP contribution in [0.15, 0.2) is 64.2 Å². The molecular formula is C28H28BrClN4O6. The van der Waals surface area contributed by atoms with Gasteiger partial charge in [-0.25, -0.2) is 5.43 Å². The van der Waals surface area contributed by atoms with Crippen LogP contribution in [0.2, 0.25) is 5.02 Å². The Morgan fingerprint density at radius 2 is 1.60 bits per heavy atom. The van der Waals surface area contributed by atoms with E-state index in [4.69, 9.17) is 25.8 Å². The molecule has 3 N–H and O–H groups in total. The van der Waals surface area contributed by atoms with Gasteiger partial charge in [0, 0.05) is 10.7 Å². The average molecular weight is 632 g/mol. The lowest BCUT2D eigenvalue weighted by molar-refractivity contribution is -0.136. The number of hydrogen-bond donors (Lipinski definition) is 3. The highest BCUT2D eigenvalue weighted by Crippen LogP contribution is 2.36. The number of carbonyl (C=O) groups is 3. The van der Waals surface area contributed by atoms with Gasteiger partial charge in [0.25, 0.3) is 5.91 Å². The van der Waals surface area contributed by atoms with Crippen LogP contribution in [-0.4, -0.2) is 43.8 Å². The lowest BCUT2D eigenvalue weighted by Crippen LogP contribution is -2.32. The van der Waals surface area contributed by atoms with E-state index < -0.39 is 11.8 Å². The number of halogens is 2. The van der Waals surface area contributed by atoms with E-state index in [9.17, 15) is 14.4 Å². The van der Waals surface area contributed by atoms with Crippen molar-refractivity contribution in [3.8, 4) is 17.2 Å².